The number of aliphatic hydroxyl groups excluding tert-OH is 5. The van der Waals surface area contributed by atoms with Crippen LogP contribution in [0.25, 0.3) is 0 Å². The van der Waals surface area contributed by atoms with Gasteiger partial charge in [0, 0.05) is 76.0 Å². The number of hydrogen-bond acceptors (Lipinski definition) is 16. The first-order valence-electron chi connectivity index (χ1n) is 27.8. The van der Waals surface area contributed by atoms with Crippen molar-refractivity contribution in [3.05, 3.63) is 0 Å². The van der Waals surface area contributed by atoms with Crippen molar-refractivity contribution in [1.29, 1.82) is 0 Å². The maximum absolute atomic E-state index is 13.7. The summed E-state index contributed by atoms with van der Waals surface area (Å²) in [5.74, 6) is -3.28. The number of carbonyl (C=O) groups is 10. The first-order chi connectivity index (χ1) is 37.4. The normalized spacial score (nSPS) is 12.3. The van der Waals surface area contributed by atoms with E-state index in [-0.39, 0.29) is 90.2 Å². The topological polar surface area (TPSA) is 339 Å². The molecule has 0 heterocycles. The van der Waals surface area contributed by atoms with Crippen molar-refractivity contribution in [3.63, 3.8) is 0 Å². The monoisotopic (exact) mass is 1140 g/mol. The molecule has 462 valence electrons. The number of aliphatic hydroxyl groups is 5. The quantitative estimate of drug-likeness (QED) is 0.0339. The SMILES string of the molecule is CCC(C)N(C=O)CC(=O)N(CC)C(C)CC.CCC(C)N(CC(=O)N(CCO)CC(=O)N(CC)CCO)C(=O)CN(C(=O)CN(CCO)C(=O)CN(C=O)CCO)C(C)CC.CCNC(C)CC.NC(=O)CN(C=O)CCO. The van der Waals surface area contributed by atoms with E-state index in [0.717, 1.165) is 45.4 Å². The van der Waals surface area contributed by atoms with E-state index >= 15 is 0 Å². The molecular weight excluding hydrogens is 1030 g/mol. The van der Waals surface area contributed by atoms with Crippen LogP contribution in [0, 0.1) is 0 Å². The van der Waals surface area contributed by atoms with E-state index in [1.807, 2.05) is 46.4 Å². The maximum atomic E-state index is 13.7. The molecule has 0 fully saturated rings. The molecule has 0 bridgehead atoms. The standard InChI is InChI=1S/C29H54N6O10.C13H26N2O2.C6H15N.C5H10N2O3/c1-6-23(4)34(20-27(43)32(11-15-38)18-26(42)31(8-3)10-14-37)29(45)21-35(24(5)7-2)28(44)19-33(12-16-39)25(41)17-30(22-40)9-13-36;1-6-11(4)14(10-16)9-13(17)15(8-3)12(5)7-2;1-4-6(3)7-5-2;6-5(10)3-7(4-9)1-2-8/h22-24,36-39H,6-21H2,1-5H3;10-12H,6-9H2,1-5H3;6-7H,4-5H2,1-3H3;4,8H,1-3H2,(H2,6,10). The van der Waals surface area contributed by atoms with Crippen LogP contribution in [0.2, 0.25) is 0 Å². The first kappa shape index (κ1) is 79.9. The summed E-state index contributed by atoms with van der Waals surface area (Å²) in [6.45, 7) is 23.7. The fraction of sp³-hybridized carbons (Fsp3) is 0.811. The van der Waals surface area contributed by atoms with E-state index in [1.165, 1.54) is 21.1 Å². The van der Waals surface area contributed by atoms with Crippen molar-refractivity contribution >= 4 is 60.6 Å². The van der Waals surface area contributed by atoms with Crippen LogP contribution < -0.4 is 11.1 Å². The van der Waals surface area contributed by atoms with Gasteiger partial charge in [-0.1, -0.05) is 41.5 Å². The lowest BCUT2D eigenvalue weighted by molar-refractivity contribution is -0.150. The molecule has 79 heavy (non-hydrogen) atoms. The van der Waals surface area contributed by atoms with Gasteiger partial charge in [0.25, 0.3) is 0 Å². The van der Waals surface area contributed by atoms with Crippen LogP contribution in [-0.2, 0) is 47.9 Å². The number of nitrogens with two attached hydrogens (primary N) is 1. The minimum atomic E-state index is -0.626. The van der Waals surface area contributed by atoms with E-state index < -0.39 is 86.9 Å². The summed E-state index contributed by atoms with van der Waals surface area (Å²) in [4.78, 5) is 132. The van der Waals surface area contributed by atoms with Gasteiger partial charge in [0.15, 0.2) is 0 Å². The Balaban J connectivity index is -0.000000662. The molecule has 0 aliphatic rings. The number of carbonyl (C=O) groups excluding carboxylic acids is 10. The van der Waals surface area contributed by atoms with Gasteiger partial charge in [-0.15, -0.1) is 0 Å². The van der Waals surface area contributed by atoms with Gasteiger partial charge in [-0.25, -0.2) is 0 Å². The zero-order valence-electron chi connectivity index (χ0n) is 50.2. The largest absolute Gasteiger partial charge is 0.395 e. The Hall–Kier alpha value is -5.54. The van der Waals surface area contributed by atoms with Crippen molar-refractivity contribution in [2.24, 2.45) is 5.73 Å². The number of rotatable bonds is 40. The molecule has 0 saturated carbocycles. The average Bonchev–Trinajstić information content (AvgIpc) is 3.43. The zero-order valence-corrected chi connectivity index (χ0v) is 50.2. The lowest BCUT2D eigenvalue weighted by atomic mass is 10.1. The second-order valence-electron chi connectivity index (χ2n) is 18.7. The van der Waals surface area contributed by atoms with Crippen LogP contribution in [-0.4, -0.2) is 292 Å². The van der Waals surface area contributed by atoms with Crippen LogP contribution in [0.15, 0.2) is 0 Å². The van der Waals surface area contributed by atoms with Crippen molar-refractivity contribution in [1.82, 2.24) is 49.4 Å². The van der Waals surface area contributed by atoms with Gasteiger partial charge in [0.1, 0.15) is 13.1 Å². The molecule has 0 aromatic rings. The second kappa shape index (κ2) is 49.5. The van der Waals surface area contributed by atoms with Crippen LogP contribution in [0.4, 0.5) is 0 Å². The highest BCUT2D eigenvalue weighted by molar-refractivity contribution is 5.92. The molecule has 8 N–H and O–H groups in total. The third kappa shape index (κ3) is 35.6. The number of nitrogens with zero attached hydrogens (tertiary/aromatic N) is 9. The molecule has 0 radical (unpaired) electrons. The highest BCUT2D eigenvalue weighted by atomic mass is 16.3. The van der Waals surface area contributed by atoms with Crippen molar-refractivity contribution in [2.45, 2.75) is 152 Å². The molecule has 5 unspecified atom stereocenters. The Morgan fingerprint density at radius 2 is 0.759 bits per heavy atom. The van der Waals surface area contributed by atoms with Gasteiger partial charge in [-0.2, -0.15) is 0 Å². The van der Waals surface area contributed by atoms with Crippen LogP contribution in [0.5, 0.6) is 0 Å². The van der Waals surface area contributed by atoms with Gasteiger partial charge in [0.2, 0.25) is 60.6 Å². The summed E-state index contributed by atoms with van der Waals surface area (Å²) in [5.41, 5.74) is 4.78. The molecule has 0 aromatic carbocycles. The molecule has 0 rings (SSSR count). The second-order valence-corrected chi connectivity index (χ2v) is 18.7. The van der Waals surface area contributed by atoms with Crippen LogP contribution in [0.1, 0.15) is 122 Å². The lowest BCUT2D eigenvalue weighted by Gasteiger charge is -2.35. The highest BCUT2D eigenvalue weighted by Crippen LogP contribution is 2.12. The van der Waals surface area contributed by atoms with Gasteiger partial charge in [-0.05, 0) is 87.1 Å². The lowest BCUT2D eigenvalue weighted by Crippen LogP contribution is -2.55. The van der Waals surface area contributed by atoms with Gasteiger partial charge < -0.3 is 80.7 Å². The number of hydrogen-bond donors (Lipinski definition) is 7. The van der Waals surface area contributed by atoms with E-state index in [4.69, 9.17) is 15.9 Å². The predicted molar refractivity (Wildman–Crippen MR) is 301 cm³/mol. The summed E-state index contributed by atoms with van der Waals surface area (Å²) in [5, 5.41) is 49.0. The molecule has 5 atom stereocenters. The summed E-state index contributed by atoms with van der Waals surface area (Å²) < 4.78 is 0. The van der Waals surface area contributed by atoms with E-state index in [1.54, 1.807) is 25.7 Å². The fourth-order valence-electron chi connectivity index (χ4n) is 7.12. The Morgan fingerprint density at radius 3 is 1.10 bits per heavy atom. The summed E-state index contributed by atoms with van der Waals surface area (Å²) in [6.07, 6.45) is 5.62. The minimum absolute atomic E-state index is 0.0363. The average molecular weight is 1140 g/mol. The molecule has 0 saturated heterocycles. The fourth-order valence-corrected chi connectivity index (χ4v) is 7.12. The third-order valence-corrected chi connectivity index (χ3v) is 13.0. The Labute approximate surface area is 471 Å². The molecule has 10 amide bonds. The third-order valence-electron chi connectivity index (χ3n) is 13.0. The van der Waals surface area contributed by atoms with Crippen LogP contribution in [0.3, 0.4) is 0 Å². The molecule has 26 nitrogen and oxygen atoms in total. The Bertz CT molecular complexity index is 1700. The number of primary amides is 1. The number of nitrogens with one attached hydrogen (secondary N) is 1. The van der Waals surface area contributed by atoms with Crippen LogP contribution >= 0.6 is 0 Å². The van der Waals surface area contributed by atoms with Gasteiger partial charge in [-0.3, -0.25) is 47.9 Å². The summed E-state index contributed by atoms with van der Waals surface area (Å²) >= 11 is 0. The highest BCUT2D eigenvalue weighted by Gasteiger charge is 2.32. The van der Waals surface area contributed by atoms with Crippen molar-refractivity contribution < 1.29 is 73.5 Å². The molecule has 0 spiro atoms. The van der Waals surface area contributed by atoms with E-state index in [0.29, 0.717) is 44.8 Å². The molecular formula is C53H105N11O15. The van der Waals surface area contributed by atoms with Crippen molar-refractivity contribution in [2.75, 3.05) is 131 Å². The van der Waals surface area contributed by atoms with E-state index in [2.05, 4.69) is 33.0 Å². The smallest absolute Gasteiger partial charge is 0.242 e. The Kier molecular flexibility index (Phi) is 50.1. The van der Waals surface area contributed by atoms with E-state index in [9.17, 15) is 63.3 Å². The number of likely N-dealkylation sites (N-methyl/N-ethyl adjacent to an activating group) is 2. The molecule has 0 aliphatic carbocycles. The molecule has 26 heteroatoms. The predicted octanol–water partition coefficient (Wildman–Crippen LogP) is -1.62. The summed E-state index contributed by atoms with van der Waals surface area (Å²) in [6, 6.07) is 0.199. The maximum Gasteiger partial charge on any atom is 0.242 e. The minimum Gasteiger partial charge on any atom is -0.395 e. The van der Waals surface area contributed by atoms with Gasteiger partial charge >= 0.3 is 0 Å². The zero-order chi connectivity index (χ0) is 61.6. The summed E-state index contributed by atoms with van der Waals surface area (Å²) in [7, 11) is 0. The van der Waals surface area contributed by atoms with Gasteiger partial charge in [0.05, 0.1) is 65.8 Å². The number of amides is 10. The van der Waals surface area contributed by atoms with Crippen molar-refractivity contribution in [3.8, 4) is 0 Å². The first-order valence-corrected chi connectivity index (χ1v) is 27.8. The Morgan fingerprint density at radius 1 is 0.405 bits per heavy atom. The molecule has 0 aromatic heterocycles. The molecule has 0 aliphatic heterocycles.